The number of halogens is 2. The van der Waals surface area contributed by atoms with Crippen LogP contribution in [0.5, 0.6) is 0 Å². The number of carboxylic acids is 1. The van der Waals surface area contributed by atoms with Crippen LogP contribution in [0.4, 0.5) is 8.78 Å². The predicted octanol–water partition coefficient (Wildman–Crippen LogP) is 2.61. The molecule has 0 aliphatic heterocycles. The van der Waals surface area contributed by atoms with Gasteiger partial charge in [-0.3, -0.25) is 0 Å². The van der Waals surface area contributed by atoms with Crippen LogP contribution < -0.4 is 0 Å². The Balaban J connectivity index is 2.36. The summed E-state index contributed by atoms with van der Waals surface area (Å²) in [5.41, 5.74) is -0.907. The van der Waals surface area contributed by atoms with E-state index in [9.17, 15) is 13.6 Å². The second-order valence-corrected chi connectivity index (χ2v) is 4.76. The quantitative estimate of drug-likeness (QED) is 0.803. The first-order valence-electron chi connectivity index (χ1n) is 6.56. The topological polar surface area (TPSA) is 80.9 Å². The van der Waals surface area contributed by atoms with E-state index in [1.165, 1.54) is 13.0 Å². The van der Waals surface area contributed by atoms with E-state index in [-0.39, 0.29) is 17.1 Å². The average Bonchev–Trinajstić information content (AvgIpc) is 2.94. The van der Waals surface area contributed by atoms with Crippen molar-refractivity contribution in [3.05, 3.63) is 59.4 Å². The van der Waals surface area contributed by atoms with Gasteiger partial charge in [-0.25, -0.2) is 13.6 Å². The van der Waals surface area contributed by atoms with Crippen molar-refractivity contribution in [1.29, 1.82) is 0 Å². The Bertz CT molecular complexity index is 894. The molecule has 0 fully saturated rings. The van der Waals surface area contributed by atoms with Crippen LogP contribution in [-0.4, -0.2) is 31.3 Å². The van der Waals surface area contributed by atoms with Crippen LogP contribution in [0.2, 0.25) is 0 Å². The number of hydrogen-bond acceptors (Lipinski definition) is 4. The first-order chi connectivity index (χ1) is 11.0. The van der Waals surface area contributed by atoms with Gasteiger partial charge in [0.2, 0.25) is 0 Å². The molecule has 1 aromatic heterocycles. The summed E-state index contributed by atoms with van der Waals surface area (Å²) < 4.78 is 30.0. The van der Waals surface area contributed by atoms with Gasteiger partial charge in [-0.05, 0) is 29.0 Å². The predicted molar refractivity (Wildman–Crippen MR) is 76.2 cm³/mol. The fourth-order valence-electron chi connectivity index (χ4n) is 2.25. The van der Waals surface area contributed by atoms with Crippen molar-refractivity contribution in [1.82, 2.24) is 20.2 Å². The molecule has 0 spiro atoms. The fourth-order valence-corrected chi connectivity index (χ4v) is 2.25. The van der Waals surface area contributed by atoms with Gasteiger partial charge in [0.05, 0.1) is 0 Å². The normalized spacial score (nSPS) is 10.7. The first-order valence-corrected chi connectivity index (χ1v) is 6.56. The van der Waals surface area contributed by atoms with Crippen LogP contribution in [0, 0.1) is 18.6 Å². The molecule has 0 saturated heterocycles. The van der Waals surface area contributed by atoms with E-state index in [2.05, 4.69) is 15.5 Å². The monoisotopic (exact) mass is 316 g/mol. The molecule has 1 N–H and O–H groups in total. The van der Waals surface area contributed by atoms with E-state index < -0.39 is 23.2 Å². The van der Waals surface area contributed by atoms with Gasteiger partial charge in [-0.15, -0.1) is 5.10 Å². The number of aryl methyl sites for hydroxylation is 1. The van der Waals surface area contributed by atoms with Gasteiger partial charge in [0.1, 0.15) is 17.1 Å². The van der Waals surface area contributed by atoms with E-state index in [1.807, 2.05) is 0 Å². The molecule has 2 aromatic carbocycles. The highest BCUT2D eigenvalue weighted by atomic mass is 19.1. The number of nitrogens with zero attached hydrogens (tertiary/aromatic N) is 4. The second-order valence-electron chi connectivity index (χ2n) is 4.76. The Hall–Kier alpha value is -3.16. The zero-order valence-electron chi connectivity index (χ0n) is 11.9. The Morgan fingerprint density at radius 1 is 1.17 bits per heavy atom. The van der Waals surface area contributed by atoms with Gasteiger partial charge < -0.3 is 5.11 Å². The highest BCUT2D eigenvalue weighted by Crippen LogP contribution is 2.31. The summed E-state index contributed by atoms with van der Waals surface area (Å²) in [6.07, 6.45) is 0. The molecule has 0 aliphatic carbocycles. The molecule has 1 heterocycles. The van der Waals surface area contributed by atoms with Gasteiger partial charge in [-0.2, -0.15) is 4.68 Å². The summed E-state index contributed by atoms with van der Waals surface area (Å²) in [6, 6.07) is 9.45. The first kappa shape index (κ1) is 14.8. The third-order valence-corrected chi connectivity index (χ3v) is 3.33. The van der Waals surface area contributed by atoms with Crippen LogP contribution in [0.25, 0.3) is 16.8 Å². The fraction of sp³-hybridized carbons (Fsp3) is 0.0667. The minimum atomic E-state index is -1.70. The molecule has 3 aromatic rings. The van der Waals surface area contributed by atoms with Crippen molar-refractivity contribution in [2.75, 3.05) is 0 Å². The van der Waals surface area contributed by atoms with Crippen LogP contribution in [0.15, 0.2) is 36.4 Å². The van der Waals surface area contributed by atoms with E-state index in [4.69, 9.17) is 5.11 Å². The number of carbonyl (C=O) groups is 1. The number of benzene rings is 2. The minimum Gasteiger partial charge on any atom is -0.477 e. The molecule has 116 valence electrons. The molecule has 8 heteroatoms. The van der Waals surface area contributed by atoms with Gasteiger partial charge >= 0.3 is 5.97 Å². The number of hydrogen-bond donors (Lipinski definition) is 1. The lowest BCUT2D eigenvalue weighted by atomic mass is 10.00. The van der Waals surface area contributed by atoms with Crippen LogP contribution in [0.3, 0.4) is 0 Å². The van der Waals surface area contributed by atoms with Gasteiger partial charge in [0.25, 0.3) is 0 Å². The van der Waals surface area contributed by atoms with Crippen molar-refractivity contribution in [2.45, 2.75) is 6.92 Å². The summed E-state index contributed by atoms with van der Waals surface area (Å²) in [7, 11) is 0. The van der Waals surface area contributed by atoms with Gasteiger partial charge in [-0.1, -0.05) is 30.3 Å². The molecule has 0 saturated carbocycles. The zero-order chi connectivity index (χ0) is 16.6. The maximum Gasteiger partial charge on any atom is 0.341 e. The third kappa shape index (κ3) is 2.44. The summed E-state index contributed by atoms with van der Waals surface area (Å²) in [4.78, 5) is 11.3. The molecule has 6 nitrogen and oxygen atoms in total. The number of aromatic nitrogens is 4. The summed E-state index contributed by atoms with van der Waals surface area (Å²) in [6.45, 7) is 1.52. The lowest BCUT2D eigenvalue weighted by Gasteiger charge is -2.12. The largest absolute Gasteiger partial charge is 0.477 e. The zero-order valence-corrected chi connectivity index (χ0v) is 11.9. The number of rotatable bonds is 3. The molecule has 0 radical (unpaired) electrons. The molecule has 3 rings (SSSR count). The number of carboxylic acid groups (broad SMARTS) is 1. The Kier molecular flexibility index (Phi) is 3.57. The van der Waals surface area contributed by atoms with Gasteiger partial charge in [0.15, 0.2) is 11.6 Å². The maximum absolute atomic E-state index is 14.5. The molecule has 0 bridgehead atoms. The molecule has 0 amide bonds. The highest BCUT2D eigenvalue weighted by molar-refractivity contribution is 5.91. The van der Waals surface area contributed by atoms with Crippen molar-refractivity contribution >= 4 is 5.97 Å². The van der Waals surface area contributed by atoms with Crippen LogP contribution >= 0.6 is 0 Å². The smallest absolute Gasteiger partial charge is 0.341 e. The van der Waals surface area contributed by atoms with E-state index in [0.29, 0.717) is 5.56 Å². The SMILES string of the molecule is Cc1nnnn1-c1cc(-c2ccccc2)c(F)c(C(=O)O)c1F. The molecule has 0 unspecified atom stereocenters. The molecule has 0 atom stereocenters. The second kappa shape index (κ2) is 5.56. The Morgan fingerprint density at radius 2 is 1.87 bits per heavy atom. The van der Waals surface area contributed by atoms with Crippen molar-refractivity contribution < 1.29 is 18.7 Å². The average molecular weight is 316 g/mol. The molecule has 23 heavy (non-hydrogen) atoms. The van der Waals surface area contributed by atoms with Gasteiger partial charge in [0, 0.05) is 5.56 Å². The van der Waals surface area contributed by atoms with Crippen LogP contribution in [0.1, 0.15) is 16.2 Å². The standard InChI is InChI=1S/C15H10F2N4O2/c1-8-18-19-20-21(8)11-7-10(9-5-3-2-4-6-9)13(16)12(14(11)17)15(22)23/h2-7H,1H3,(H,22,23). The molecular formula is C15H10F2N4O2. The van der Waals surface area contributed by atoms with Crippen molar-refractivity contribution in [2.24, 2.45) is 0 Å². The lowest BCUT2D eigenvalue weighted by molar-refractivity contribution is 0.0686. The third-order valence-electron chi connectivity index (χ3n) is 3.33. The van der Waals surface area contributed by atoms with Crippen molar-refractivity contribution in [3.8, 4) is 16.8 Å². The molecule has 0 aliphatic rings. The summed E-state index contributed by atoms with van der Waals surface area (Å²) >= 11 is 0. The minimum absolute atomic E-state index is 0.0469. The van der Waals surface area contributed by atoms with E-state index in [1.54, 1.807) is 30.3 Å². The number of aromatic carboxylic acids is 1. The molecular weight excluding hydrogens is 306 g/mol. The summed E-state index contributed by atoms with van der Waals surface area (Å²) in [5, 5.41) is 19.8. The maximum atomic E-state index is 14.5. The van der Waals surface area contributed by atoms with E-state index in [0.717, 1.165) is 4.68 Å². The van der Waals surface area contributed by atoms with Crippen LogP contribution in [-0.2, 0) is 0 Å². The van der Waals surface area contributed by atoms with Crippen molar-refractivity contribution in [3.63, 3.8) is 0 Å². The highest BCUT2D eigenvalue weighted by Gasteiger charge is 2.26. The summed E-state index contributed by atoms with van der Waals surface area (Å²) in [5.74, 6) is -3.84. The Morgan fingerprint density at radius 3 is 2.43 bits per heavy atom. The lowest BCUT2D eigenvalue weighted by Crippen LogP contribution is -2.12. The van der Waals surface area contributed by atoms with E-state index >= 15 is 0 Å². The number of tetrazole rings is 1. The Labute approximate surface area is 129 Å².